The van der Waals surface area contributed by atoms with E-state index in [-0.39, 0.29) is 50.8 Å². The molecule has 0 heterocycles. The molecule has 9 aromatic carbocycles. The van der Waals surface area contributed by atoms with E-state index < -0.39 is 30.6 Å². The van der Waals surface area contributed by atoms with Gasteiger partial charge in [-0.15, -0.1) is 0 Å². The average Bonchev–Trinajstić information content (AvgIpc) is 2.24. The van der Waals surface area contributed by atoms with Gasteiger partial charge >= 0.3 is 19.8 Å². The lowest BCUT2D eigenvalue weighted by Gasteiger charge is -2.34. The van der Waals surface area contributed by atoms with Gasteiger partial charge in [0.25, 0.3) is 0 Å². The van der Waals surface area contributed by atoms with Crippen molar-refractivity contribution in [2.75, 3.05) is 60.0 Å². The number of hydrogen-bond donors (Lipinski definition) is 2. The van der Waals surface area contributed by atoms with Gasteiger partial charge in [0, 0.05) is 7.11 Å². The molecule has 0 unspecified atom stereocenters. The number of phosphoric acid groups is 1. The number of benzene rings is 9. The molecular weight excluding hydrogens is 1040 g/mol. The van der Waals surface area contributed by atoms with Gasteiger partial charge in [-0.05, 0) is 140 Å². The molecule has 0 spiro atoms. The molecule has 0 fully saturated rings. The molecule has 0 atom stereocenters. The lowest BCUT2D eigenvalue weighted by molar-refractivity contribution is 0.0437. The number of carbonyl (C=O) groups excluding carboxylic acids is 2. The van der Waals surface area contributed by atoms with Gasteiger partial charge in [0.2, 0.25) is 0 Å². The van der Waals surface area contributed by atoms with Crippen LogP contribution in [0.2, 0.25) is 0 Å². The molecule has 81 heavy (non-hydrogen) atoms. The van der Waals surface area contributed by atoms with Crippen molar-refractivity contribution in [3.05, 3.63) is 274 Å². The fraction of sp³-hybridized carbons (Fsp3) is 0.164. The van der Waals surface area contributed by atoms with E-state index in [1.54, 1.807) is 7.11 Å². The molecule has 0 radical (unpaired) electrons. The minimum Gasteiger partial charge on any atom is -0.491 e. The molecule has 13 nitrogen and oxygen atoms in total. The Kier molecular flexibility index (Phi) is 16.0. The van der Waals surface area contributed by atoms with Crippen LogP contribution in [0.25, 0.3) is 22.3 Å². The summed E-state index contributed by atoms with van der Waals surface area (Å²) in [6.45, 7) is 0.887. The van der Waals surface area contributed by atoms with Crippen molar-refractivity contribution in [3.8, 4) is 45.3 Å². The average molecular weight is 1100 g/mol. The number of rotatable bonds is 23. The lowest BCUT2D eigenvalue weighted by Crippen LogP contribution is -2.28. The van der Waals surface area contributed by atoms with E-state index >= 15 is 0 Å². The van der Waals surface area contributed by atoms with Crippen molar-refractivity contribution in [2.45, 2.75) is 10.8 Å². The highest BCUT2D eigenvalue weighted by Crippen LogP contribution is 2.58. The first-order valence-electron chi connectivity index (χ1n) is 26.5. The van der Waals surface area contributed by atoms with Gasteiger partial charge in [0.1, 0.15) is 62.6 Å². The van der Waals surface area contributed by atoms with Crippen LogP contribution in [-0.4, -0.2) is 81.7 Å². The maximum Gasteiger partial charge on any atom is 0.469 e. The van der Waals surface area contributed by atoms with Crippen LogP contribution in [0.4, 0.5) is 0 Å². The van der Waals surface area contributed by atoms with Crippen molar-refractivity contribution < 1.29 is 61.6 Å². The SMILES string of the molecule is COCCOc1ccc(C2(c3ccc(OCCOC(=O)c4ccc(C(=O)OCCOc5ccc(C6(c7ccc(OCCOP(=O)(O)O)cc7)c7ccccc7-c7ccccc76)cc5)cc4)cc3)c3ccccc3-c3ccccc32)cc1. The van der Waals surface area contributed by atoms with Crippen LogP contribution >= 0.6 is 7.82 Å². The number of phosphoric ester groups is 1. The summed E-state index contributed by atoms with van der Waals surface area (Å²) in [6.07, 6.45) is 0. The molecule has 9 aromatic rings. The maximum atomic E-state index is 13.1. The predicted octanol–water partition coefficient (Wildman–Crippen LogP) is 12.4. The number of ether oxygens (including phenoxy) is 7. The van der Waals surface area contributed by atoms with Gasteiger partial charge in [-0.2, -0.15) is 0 Å². The topological polar surface area (TPSA) is 166 Å². The van der Waals surface area contributed by atoms with Crippen LogP contribution in [0.1, 0.15) is 65.2 Å². The van der Waals surface area contributed by atoms with Crippen LogP contribution in [-0.2, 0) is 34.1 Å². The Morgan fingerprint density at radius 1 is 0.358 bits per heavy atom. The standard InChI is InChI=1S/C67H57O13P/c1-73-38-39-74-52-30-22-48(23-31-52)66(60-14-6-2-10-56(60)57-11-3-7-15-61(57)66)49-24-32-53(33-25-49)75-40-42-78-64(68)46-18-20-47(21-19-46)65(69)79-43-41-76-54-34-26-50(27-35-54)67(51-28-36-55(37-29-51)77-44-45-80-81(70,71)72)62-16-8-4-12-58(62)59-13-5-9-17-63(59)67/h2-37H,38-45H2,1H3,(H2,70,71,72). The van der Waals surface area contributed by atoms with E-state index in [4.69, 9.17) is 42.9 Å². The molecule has 2 aliphatic carbocycles. The molecule has 0 bridgehead atoms. The monoisotopic (exact) mass is 1100 g/mol. The van der Waals surface area contributed by atoms with Crippen LogP contribution < -0.4 is 18.9 Å². The fourth-order valence-electron chi connectivity index (χ4n) is 11.3. The maximum absolute atomic E-state index is 13.1. The zero-order valence-corrected chi connectivity index (χ0v) is 45.2. The van der Waals surface area contributed by atoms with Gasteiger partial charge < -0.3 is 42.9 Å². The molecule has 0 aliphatic heterocycles. The third-order valence-electron chi connectivity index (χ3n) is 14.7. The van der Waals surface area contributed by atoms with Gasteiger partial charge in [-0.3, -0.25) is 4.52 Å². The zero-order chi connectivity index (χ0) is 55.8. The van der Waals surface area contributed by atoms with Gasteiger partial charge in [-0.1, -0.05) is 146 Å². The minimum absolute atomic E-state index is 0.00869. The molecule has 0 saturated carbocycles. The summed E-state index contributed by atoms with van der Waals surface area (Å²) in [6, 6.07) is 71.8. The molecule has 11 rings (SSSR count). The lowest BCUT2D eigenvalue weighted by atomic mass is 9.68. The van der Waals surface area contributed by atoms with E-state index in [1.165, 1.54) is 46.5 Å². The Hall–Kier alpha value is -8.81. The number of carbonyl (C=O) groups is 2. The van der Waals surface area contributed by atoms with Crippen LogP contribution in [0.15, 0.2) is 218 Å². The Labute approximate surface area is 469 Å². The van der Waals surface area contributed by atoms with Gasteiger partial charge in [0.15, 0.2) is 0 Å². The molecule has 0 amide bonds. The van der Waals surface area contributed by atoms with Gasteiger partial charge in [0.05, 0.1) is 35.2 Å². The molecule has 408 valence electrons. The molecule has 2 N–H and O–H groups in total. The first kappa shape index (κ1) is 54.2. The van der Waals surface area contributed by atoms with Crippen LogP contribution in [0, 0.1) is 0 Å². The van der Waals surface area contributed by atoms with E-state index in [9.17, 15) is 14.2 Å². The summed E-state index contributed by atoms with van der Waals surface area (Å²) < 4.78 is 55.7. The smallest absolute Gasteiger partial charge is 0.469 e. The van der Waals surface area contributed by atoms with Crippen molar-refractivity contribution in [1.82, 2.24) is 0 Å². The summed E-state index contributed by atoms with van der Waals surface area (Å²) in [5.41, 5.74) is 12.7. The second-order valence-corrected chi connectivity index (χ2v) is 20.6. The molecular formula is C67H57O13P. The number of hydrogen-bond acceptors (Lipinski definition) is 11. The van der Waals surface area contributed by atoms with E-state index in [1.807, 2.05) is 97.1 Å². The molecule has 0 saturated heterocycles. The normalized spacial score (nSPS) is 13.2. The van der Waals surface area contributed by atoms with Crippen LogP contribution in [0.3, 0.4) is 0 Å². The van der Waals surface area contributed by atoms with Crippen molar-refractivity contribution in [1.29, 1.82) is 0 Å². The highest BCUT2D eigenvalue weighted by molar-refractivity contribution is 7.46. The first-order valence-corrected chi connectivity index (χ1v) is 28.1. The Morgan fingerprint density at radius 3 is 0.914 bits per heavy atom. The Balaban J connectivity index is 0.678. The number of fused-ring (bicyclic) bond motifs is 6. The summed E-state index contributed by atoms with van der Waals surface area (Å²) in [5, 5.41) is 0. The van der Waals surface area contributed by atoms with Crippen molar-refractivity contribution in [3.63, 3.8) is 0 Å². The summed E-state index contributed by atoms with van der Waals surface area (Å²) in [4.78, 5) is 44.2. The molecule has 2 aliphatic rings. The molecule has 14 heteroatoms. The third-order valence-corrected chi connectivity index (χ3v) is 15.3. The molecule has 0 aromatic heterocycles. The minimum atomic E-state index is -4.60. The quantitative estimate of drug-likeness (QED) is 0.0353. The number of esters is 2. The summed E-state index contributed by atoms with van der Waals surface area (Å²) in [7, 11) is -2.94. The number of methoxy groups -OCH3 is 1. The van der Waals surface area contributed by atoms with Crippen molar-refractivity contribution >= 4 is 19.8 Å². The summed E-state index contributed by atoms with van der Waals surface area (Å²) >= 11 is 0. The zero-order valence-electron chi connectivity index (χ0n) is 44.3. The second kappa shape index (κ2) is 23.9. The fourth-order valence-corrected chi connectivity index (χ4v) is 11.6. The Bertz CT molecular complexity index is 3620. The third kappa shape index (κ3) is 11.0. The Morgan fingerprint density at radius 2 is 0.630 bits per heavy atom. The van der Waals surface area contributed by atoms with E-state index in [2.05, 4.69) is 102 Å². The van der Waals surface area contributed by atoms with E-state index in [0.717, 1.165) is 50.3 Å². The van der Waals surface area contributed by atoms with Crippen LogP contribution in [0.5, 0.6) is 23.0 Å². The predicted molar refractivity (Wildman–Crippen MR) is 306 cm³/mol. The highest BCUT2D eigenvalue weighted by Gasteiger charge is 2.47. The highest BCUT2D eigenvalue weighted by atomic mass is 31.2. The van der Waals surface area contributed by atoms with Gasteiger partial charge in [-0.25, -0.2) is 14.2 Å². The first-order chi connectivity index (χ1) is 39.6. The van der Waals surface area contributed by atoms with Crippen molar-refractivity contribution in [2.24, 2.45) is 0 Å². The summed E-state index contributed by atoms with van der Waals surface area (Å²) in [5.74, 6) is 1.40. The largest absolute Gasteiger partial charge is 0.491 e. The second-order valence-electron chi connectivity index (χ2n) is 19.3. The van der Waals surface area contributed by atoms with E-state index in [0.29, 0.717) is 30.5 Å².